The molecule has 0 radical (unpaired) electrons. The van der Waals surface area contributed by atoms with E-state index in [1.165, 1.54) is 6.92 Å². The Kier molecular flexibility index (Phi) is 1.96. The van der Waals surface area contributed by atoms with Gasteiger partial charge in [0, 0.05) is 5.57 Å². The number of allylic oxidation sites excluding steroid dienone is 2. The van der Waals surface area contributed by atoms with Crippen molar-refractivity contribution < 1.29 is 9.90 Å². The van der Waals surface area contributed by atoms with Crippen LogP contribution in [-0.4, -0.2) is 16.5 Å². The molecule has 0 saturated carbocycles. The molecule has 1 rings (SSSR count). The van der Waals surface area contributed by atoms with Gasteiger partial charge in [0.15, 0.2) is 5.78 Å². The van der Waals surface area contributed by atoms with Crippen molar-refractivity contribution in [2.75, 3.05) is 0 Å². The molecule has 1 aliphatic carbocycles. The van der Waals surface area contributed by atoms with Crippen molar-refractivity contribution in [1.82, 2.24) is 0 Å². The first-order chi connectivity index (χ1) is 5.01. The zero-order chi connectivity index (χ0) is 8.48. The Hall–Kier alpha value is -0.890. The lowest BCUT2D eigenvalue weighted by Gasteiger charge is -2.20. The number of carbonyl (C=O) groups is 1. The van der Waals surface area contributed by atoms with Crippen LogP contribution in [0.15, 0.2) is 23.8 Å². The third kappa shape index (κ3) is 2.02. The van der Waals surface area contributed by atoms with E-state index < -0.39 is 5.60 Å². The van der Waals surface area contributed by atoms with E-state index in [1.807, 2.05) is 0 Å². The minimum Gasteiger partial charge on any atom is -0.386 e. The van der Waals surface area contributed by atoms with Crippen molar-refractivity contribution in [3.8, 4) is 0 Å². The number of rotatable bonds is 1. The molecule has 1 N–H and O–H groups in total. The van der Waals surface area contributed by atoms with Gasteiger partial charge in [-0.2, -0.15) is 0 Å². The standard InChI is InChI=1S/C9H12O2/c1-7(10)8-3-5-9(2,11)6-4-8/h3-5,11H,6H2,1-2H3. The van der Waals surface area contributed by atoms with Crippen LogP contribution in [0.25, 0.3) is 0 Å². The predicted octanol–water partition coefficient (Wildman–Crippen LogP) is 1.21. The van der Waals surface area contributed by atoms with Gasteiger partial charge in [-0.25, -0.2) is 0 Å². The molecule has 1 atom stereocenters. The molecule has 0 aromatic heterocycles. The lowest BCUT2D eigenvalue weighted by atomic mass is 9.93. The zero-order valence-electron chi connectivity index (χ0n) is 6.79. The molecule has 11 heavy (non-hydrogen) atoms. The molecule has 0 aromatic carbocycles. The number of Topliss-reactive ketones (excluding diaryl/α,β-unsaturated/α-hetero) is 1. The molecule has 0 heterocycles. The minimum atomic E-state index is -0.765. The van der Waals surface area contributed by atoms with Crippen molar-refractivity contribution in [3.05, 3.63) is 23.8 Å². The summed E-state index contributed by atoms with van der Waals surface area (Å²) in [6.45, 7) is 3.24. The fourth-order valence-corrected chi connectivity index (χ4v) is 0.983. The van der Waals surface area contributed by atoms with Gasteiger partial charge in [-0.15, -0.1) is 0 Å². The first kappa shape index (κ1) is 8.21. The van der Waals surface area contributed by atoms with Crippen molar-refractivity contribution in [3.63, 3.8) is 0 Å². The van der Waals surface area contributed by atoms with Crippen LogP contribution >= 0.6 is 0 Å². The predicted molar refractivity (Wildman–Crippen MR) is 43.1 cm³/mol. The van der Waals surface area contributed by atoms with Gasteiger partial charge in [-0.1, -0.05) is 18.2 Å². The summed E-state index contributed by atoms with van der Waals surface area (Å²) in [6.07, 6.45) is 5.62. The highest BCUT2D eigenvalue weighted by Crippen LogP contribution is 2.20. The van der Waals surface area contributed by atoms with Crippen molar-refractivity contribution >= 4 is 5.78 Å². The van der Waals surface area contributed by atoms with E-state index in [2.05, 4.69) is 0 Å². The monoisotopic (exact) mass is 152 g/mol. The Morgan fingerprint density at radius 2 is 2.36 bits per heavy atom. The van der Waals surface area contributed by atoms with E-state index in [0.717, 1.165) is 0 Å². The fraction of sp³-hybridized carbons (Fsp3) is 0.444. The molecule has 2 nitrogen and oxygen atoms in total. The highest BCUT2D eigenvalue weighted by atomic mass is 16.3. The van der Waals surface area contributed by atoms with Gasteiger partial charge < -0.3 is 5.11 Å². The number of aliphatic hydroxyl groups is 1. The Labute approximate surface area is 66.2 Å². The maximum Gasteiger partial charge on any atom is 0.159 e. The Morgan fingerprint density at radius 1 is 1.73 bits per heavy atom. The minimum absolute atomic E-state index is 0.0525. The average molecular weight is 152 g/mol. The van der Waals surface area contributed by atoms with E-state index in [9.17, 15) is 9.90 Å². The van der Waals surface area contributed by atoms with Crippen LogP contribution < -0.4 is 0 Å². The van der Waals surface area contributed by atoms with Gasteiger partial charge in [0.2, 0.25) is 0 Å². The van der Waals surface area contributed by atoms with Crippen LogP contribution in [0.3, 0.4) is 0 Å². The van der Waals surface area contributed by atoms with Crippen LogP contribution in [0, 0.1) is 0 Å². The second-order valence-electron chi connectivity index (χ2n) is 3.11. The van der Waals surface area contributed by atoms with Crippen LogP contribution in [0.4, 0.5) is 0 Å². The van der Waals surface area contributed by atoms with Crippen LogP contribution in [0.2, 0.25) is 0 Å². The third-order valence-electron chi connectivity index (χ3n) is 1.76. The van der Waals surface area contributed by atoms with Gasteiger partial charge in [0.25, 0.3) is 0 Å². The second-order valence-corrected chi connectivity index (χ2v) is 3.11. The summed E-state index contributed by atoms with van der Waals surface area (Å²) in [4.78, 5) is 10.8. The summed E-state index contributed by atoms with van der Waals surface area (Å²) in [6, 6.07) is 0. The summed E-state index contributed by atoms with van der Waals surface area (Å²) in [5, 5.41) is 9.43. The summed E-state index contributed by atoms with van der Waals surface area (Å²) in [7, 11) is 0. The lowest BCUT2D eigenvalue weighted by molar-refractivity contribution is -0.113. The molecule has 0 saturated heterocycles. The summed E-state index contributed by atoms with van der Waals surface area (Å²) in [5.41, 5.74) is -0.0737. The molecule has 0 aliphatic heterocycles. The molecule has 1 aliphatic rings. The largest absolute Gasteiger partial charge is 0.386 e. The molecular weight excluding hydrogens is 140 g/mol. The van der Waals surface area contributed by atoms with Gasteiger partial charge in [-0.3, -0.25) is 4.79 Å². The number of hydrogen-bond donors (Lipinski definition) is 1. The van der Waals surface area contributed by atoms with Gasteiger partial charge >= 0.3 is 0 Å². The van der Waals surface area contributed by atoms with E-state index in [4.69, 9.17) is 0 Å². The lowest BCUT2D eigenvalue weighted by Crippen LogP contribution is -2.22. The molecule has 0 bridgehead atoms. The summed E-state index contributed by atoms with van der Waals surface area (Å²) >= 11 is 0. The smallest absolute Gasteiger partial charge is 0.159 e. The van der Waals surface area contributed by atoms with Crippen LogP contribution in [0.5, 0.6) is 0 Å². The van der Waals surface area contributed by atoms with Crippen molar-refractivity contribution in [1.29, 1.82) is 0 Å². The van der Waals surface area contributed by atoms with E-state index >= 15 is 0 Å². The quantitative estimate of drug-likeness (QED) is 0.613. The normalized spacial score (nSPS) is 29.9. The number of hydrogen-bond acceptors (Lipinski definition) is 2. The molecule has 0 aromatic rings. The topological polar surface area (TPSA) is 37.3 Å². The SMILES string of the molecule is CC(=O)C1=CCC(C)(O)C=C1. The van der Waals surface area contributed by atoms with E-state index in [-0.39, 0.29) is 5.78 Å². The van der Waals surface area contributed by atoms with Gasteiger partial charge in [0.05, 0.1) is 5.60 Å². The van der Waals surface area contributed by atoms with Gasteiger partial charge in [0.1, 0.15) is 0 Å². The third-order valence-corrected chi connectivity index (χ3v) is 1.76. The highest BCUT2D eigenvalue weighted by molar-refractivity contribution is 5.96. The maximum atomic E-state index is 10.8. The Balaban J connectivity index is 2.75. The average Bonchev–Trinajstić information content (AvgIpc) is 1.86. The summed E-state index contributed by atoms with van der Waals surface area (Å²) < 4.78 is 0. The molecule has 0 amide bonds. The van der Waals surface area contributed by atoms with Crippen molar-refractivity contribution in [2.45, 2.75) is 25.9 Å². The zero-order valence-corrected chi connectivity index (χ0v) is 6.79. The Morgan fingerprint density at radius 3 is 2.73 bits per heavy atom. The second kappa shape index (κ2) is 2.62. The number of ketones is 1. The van der Waals surface area contributed by atoms with Crippen LogP contribution in [-0.2, 0) is 4.79 Å². The number of carbonyl (C=O) groups excluding carboxylic acids is 1. The molecule has 1 unspecified atom stereocenters. The Bertz CT molecular complexity index is 234. The molecule has 2 heteroatoms. The molecule has 60 valence electrons. The van der Waals surface area contributed by atoms with Gasteiger partial charge in [-0.05, 0) is 20.3 Å². The summed E-state index contributed by atoms with van der Waals surface area (Å²) in [5.74, 6) is 0.0525. The molecule has 0 spiro atoms. The maximum absolute atomic E-state index is 10.8. The van der Waals surface area contributed by atoms with Crippen LogP contribution in [0.1, 0.15) is 20.3 Å². The first-order valence-electron chi connectivity index (χ1n) is 3.64. The molecular formula is C9H12O2. The molecule has 0 fully saturated rings. The van der Waals surface area contributed by atoms with E-state index in [0.29, 0.717) is 12.0 Å². The first-order valence-corrected chi connectivity index (χ1v) is 3.64. The van der Waals surface area contributed by atoms with Crippen molar-refractivity contribution in [2.24, 2.45) is 0 Å². The van der Waals surface area contributed by atoms with E-state index in [1.54, 1.807) is 25.2 Å². The fourth-order valence-electron chi connectivity index (χ4n) is 0.983. The highest BCUT2D eigenvalue weighted by Gasteiger charge is 2.18.